The van der Waals surface area contributed by atoms with Gasteiger partial charge in [0.15, 0.2) is 0 Å². The smallest absolute Gasteiger partial charge is 0.116 e. The van der Waals surface area contributed by atoms with E-state index in [-0.39, 0.29) is 11.8 Å². The predicted molar refractivity (Wildman–Crippen MR) is 115 cm³/mol. The van der Waals surface area contributed by atoms with Gasteiger partial charge in [-0.3, -0.25) is 4.90 Å². The fourth-order valence-electron chi connectivity index (χ4n) is 4.33. The molecule has 2 aromatic carbocycles. The van der Waals surface area contributed by atoms with Gasteiger partial charge >= 0.3 is 0 Å². The van der Waals surface area contributed by atoms with Gasteiger partial charge in [0.1, 0.15) is 5.75 Å². The Hall–Kier alpha value is -2.34. The molecule has 0 saturated carbocycles. The number of fused-ring (bicyclic) bond motifs is 1. The quantitative estimate of drug-likeness (QED) is 0.732. The number of nitrogens with two attached hydrogens (primary N) is 1. The largest absolute Gasteiger partial charge is 0.508 e. The maximum absolute atomic E-state index is 10.1. The van der Waals surface area contributed by atoms with Crippen molar-refractivity contribution in [1.82, 2.24) is 14.4 Å². The number of hydrogen-bond donors (Lipinski definition) is 2. The lowest BCUT2D eigenvalue weighted by Gasteiger charge is -2.34. The highest BCUT2D eigenvalue weighted by atomic mass is 16.3. The first-order valence-electron chi connectivity index (χ1n) is 10.0. The SMILES string of the molecule is Cc1ccc(-n2c(C)c(C(N)CN3CCN(C)CC3)c3cc(O)ccc32)cc1. The summed E-state index contributed by atoms with van der Waals surface area (Å²) in [7, 11) is 2.17. The van der Waals surface area contributed by atoms with Crippen LogP contribution in [0, 0.1) is 13.8 Å². The number of nitrogens with zero attached hydrogens (tertiary/aromatic N) is 3. The van der Waals surface area contributed by atoms with Gasteiger partial charge in [-0.1, -0.05) is 17.7 Å². The number of likely N-dealkylation sites (N-methyl/N-ethyl adjacent to an activating group) is 1. The summed E-state index contributed by atoms with van der Waals surface area (Å²) in [6.45, 7) is 9.32. The molecule has 148 valence electrons. The fraction of sp³-hybridized carbons (Fsp3) is 0.391. The van der Waals surface area contributed by atoms with Crippen molar-refractivity contribution in [2.24, 2.45) is 5.73 Å². The van der Waals surface area contributed by atoms with Crippen LogP contribution >= 0.6 is 0 Å². The topological polar surface area (TPSA) is 57.7 Å². The number of phenols is 1. The van der Waals surface area contributed by atoms with Gasteiger partial charge in [-0.05, 0) is 56.8 Å². The zero-order valence-corrected chi connectivity index (χ0v) is 17.0. The Kier molecular flexibility index (Phi) is 5.15. The molecule has 0 radical (unpaired) electrons. The van der Waals surface area contributed by atoms with Gasteiger partial charge in [0.2, 0.25) is 0 Å². The summed E-state index contributed by atoms with van der Waals surface area (Å²) in [6.07, 6.45) is 0. The molecular weight excluding hydrogens is 348 g/mol. The van der Waals surface area contributed by atoms with Crippen molar-refractivity contribution in [2.45, 2.75) is 19.9 Å². The molecule has 0 aliphatic carbocycles. The zero-order valence-electron chi connectivity index (χ0n) is 17.0. The standard InChI is InChI=1S/C23H30N4O/c1-16-4-6-18(7-5-16)27-17(2)23(20-14-19(28)8-9-22(20)27)21(24)15-26-12-10-25(3)11-13-26/h4-9,14,21,28H,10-13,15,24H2,1-3H3. The molecule has 0 spiro atoms. The van der Waals surface area contributed by atoms with Crippen LogP contribution in [0.5, 0.6) is 5.75 Å². The monoisotopic (exact) mass is 378 g/mol. The van der Waals surface area contributed by atoms with Crippen molar-refractivity contribution in [3.05, 3.63) is 59.3 Å². The second-order valence-corrected chi connectivity index (χ2v) is 8.08. The van der Waals surface area contributed by atoms with Crippen molar-refractivity contribution in [3.63, 3.8) is 0 Å². The summed E-state index contributed by atoms with van der Waals surface area (Å²) < 4.78 is 2.26. The first kappa shape index (κ1) is 19.0. The number of piperazine rings is 1. The summed E-state index contributed by atoms with van der Waals surface area (Å²) in [5.41, 5.74) is 12.5. The third-order valence-corrected chi connectivity index (χ3v) is 5.95. The number of hydrogen-bond acceptors (Lipinski definition) is 4. The summed E-state index contributed by atoms with van der Waals surface area (Å²) >= 11 is 0. The lowest BCUT2D eigenvalue weighted by Crippen LogP contribution is -2.46. The predicted octanol–water partition coefficient (Wildman–Crippen LogP) is 3.20. The van der Waals surface area contributed by atoms with Crippen molar-refractivity contribution < 1.29 is 5.11 Å². The Bertz CT molecular complexity index is 968. The second-order valence-electron chi connectivity index (χ2n) is 8.08. The average molecular weight is 379 g/mol. The van der Waals surface area contributed by atoms with Gasteiger partial charge < -0.3 is 20.3 Å². The number of aromatic nitrogens is 1. The minimum atomic E-state index is -0.0978. The molecule has 5 heteroatoms. The van der Waals surface area contributed by atoms with Crippen LogP contribution in [-0.4, -0.2) is 59.2 Å². The van der Waals surface area contributed by atoms with Crippen LogP contribution in [-0.2, 0) is 0 Å². The minimum Gasteiger partial charge on any atom is -0.508 e. The number of aromatic hydroxyl groups is 1. The molecule has 1 unspecified atom stereocenters. The summed E-state index contributed by atoms with van der Waals surface area (Å²) in [5, 5.41) is 11.2. The first-order valence-corrected chi connectivity index (χ1v) is 10.0. The molecule has 1 saturated heterocycles. The van der Waals surface area contributed by atoms with Crippen LogP contribution in [0.15, 0.2) is 42.5 Å². The molecule has 0 bridgehead atoms. The molecule has 28 heavy (non-hydrogen) atoms. The molecule has 1 atom stereocenters. The van der Waals surface area contributed by atoms with E-state index in [0.717, 1.165) is 60.6 Å². The van der Waals surface area contributed by atoms with Crippen LogP contribution in [0.4, 0.5) is 0 Å². The zero-order chi connectivity index (χ0) is 19.8. The molecule has 3 N–H and O–H groups in total. The van der Waals surface area contributed by atoms with E-state index in [0.29, 0.717) is 0 Å². The van der Waals surface area contributed by atoms with E-state index < -0.39 is 0 Å². The third-order valence-electron chi connectivity index (χ3n) is 5.95. The Morgan fingerprint density at radius 3 is 2.36 bits per heavy atom. The molecule has 1 fully saturated rings. The molecule has 2 heterocycles. The van der Waals surface area contributed by atoms with Crippen LogP contribution in [0.3, 0.4) is 0 Å². The average Bonchev–Trinajstić information content (AvgIpc) is 2.95. The van der Waals surface area contributed by atoms with Crippen LogP contribution in [0.25, 0.3) is 16.6 Å². The fourth-order valence-corrected chi connectivity index (χ4v) is 4.33. The number of rotatable bonds is 4. The van der Waals surface area contributed by atoms with Crippen molar-refractivity contribution in [1.29, 1.82) is 0 Å². The number of phenolic OH excluding ortho intramolecular Hbond substituents is 1. The molecular formula is C23H30N4O. The van der Waals surface area contributed by atoms with E-state index >= 15 is 0 Å². The lowest BCUT2D eigenvalue weighted by molar-refractivity contribution is 0.147. The second kappa shape index (κ2) is 7.59. The number of benzene rings is 2. The normalized spacial score (nSPS) is 17.3. The van der Waals surface area contributed by atoms with Crippen LogP contribution < -0.4 is 5.73 Å². The Morgan fingerprint density at radius 1 is 1.00 bits per heavy atom. The van der Waals surface area contributed by atoms with E-state index in [2.05, 4.69) is 59.5 Å². The van der Waals surface area contributed by atoms with Gasteiger partial charge in [0.05, 0.1) is 5.52 Å². The highest BCUT2D eigenvalue weighted by molar-refractivity contribution is 5.89. The van der Waals surface area contributed by atoms with Gasteiger partial charge in [-0.15, -0.1) is 0 Å². The molecule has 1 aromatic heterocycles. The van der Waals surface area contributed by atoms with Gasteiger partial charge in [0.25, 0.3) is 0 Å². The Balaban J connectivity index is 1.76. The molecule has 3 aromatic rings. The van der Waals surface area contributed by atoms with E-state index in [1.54, 1.807) is 6.07 Å². The highest BCUT2D eigenvalue weighted by Crippen LogP contribution is 2.35. The van der Waals surface area contributed by atoms with Gasteiger partial charge in [0, 0.05) is 55.5 Å². The summed E-state index contributed by atoms with van der Waals surface area (Å²) in [4.78, 5) is 4.80. The van der Waals surface area contributed by atoms with E-state index in [4.69, 9.17) is 5.73 Å². The summed E-state index contributed by atoms with van der Waals surface area (Å²) in [5.74, 6) is 0.279. The van der Waals surface area contributed by atoms with E-state index in [1.165, 1.54) is 5.56 Å². The molecule has 0 amide bonds. The minimum absolute atomic E-state index is 0.0978. The molecule has 1 aliphatic heterocycles. The Morgan fingerprint density at radius 2 is 1.68 bits per heavy atom. The highest BCUT2D eigenvalue weighted by Gasteiger charge is 2.23. The van der Waals surface area contributed by atoms with E-state index in [1.807, 2.05) is 12.1 Å². The lowest BCUT2D eigenvalue weighted by atomic mass is 10.0. The first-order chi connectivity index (χ1) is 13.4. The summed E-state index contributed by atoms with van der Waals surface area (Å²) in [6, 6.07) is 14.0. The van der Waals surface area contributed by atoms with Gasteiger partial charge in [-0.2, -0.15) is 0 Å². The van der Waals surface area contributed by atoms with Crippen molar-refractivity contribution in [2.75, 3.05) is 39.8 Å². The molecule has 5 nitrogen and oxygen atoms in total. The van der Waals surface area contributed by atoms with E-state index in [9.17, 15) is 5.11 Å². The maximum Gasteiger partial charge on any atom is 0.116 e. The van der Waals surface area contributed by atoms with Crippen molar-refractivity contribution >= 4 is 10.9 Å². The van der Waals surface area contributed by atoms with Crippen LogP contribution in [0.1, 0.15) is 22.9 Å². The van der Waals surface area contributed by atoms with Crippen LogP contribution in [0.2, 0.25) is 0 Å². The number of aryl methyl sites for hydroxylation is 1. The maximum atomic E-state index is 10.1. The van der Waals surface area contributed by atoms with Gasteiger partial charge in [-0.25, -0.2) is 0 Å². The van der Waals surface area contributed by atoms with Crippen molar-refractivity contribution in [3.8, 4) is 11.4 Å². The molecule has 4 rings (SSSR count). The Labute approximate surface area is 167 Å². The molecule has 1 aliphatic rings. The third kappa shape index (κ3) is 3.53.